The molecule has 0 atom stereocenters. The molecule has 0 saturated carbocycles. The van der Waals surface area contributed by atoms with Crippen molar-refractivity contribution in [1.29, 1.82) is 0 Å². The van der Waals surface area contributed by atoms with E-state index in [9.17, 15) is 9.59 Å². The second-order valence-corrected chi connectivity index (χ2v) is 9.16. The van der Waals surface area contributed by atoms with E-state index in [1.54, 1.807) is 37.5 Å². The van der Waals surface area contributed by atoms with Crippen molar-refractivity contribution in [3.63, 3.8) is 0 Å². The number of para-hydroxylation sites is 1. The number of amides is 2. The largest absolute Gasteiger partial charge is 0.319 e. The molecule has 0 spiro atoms. The maximum atomic E-state index is 13.0. The molecule has 2 amide bonds. The van der Waals surface area contributed by atoms with Crippen LogP contribution in [0, 0.1) is 0 Å². The number of likely N-dealkylation sites (N-methyl/N-ethyl adjacent to an activating group) is 1. The highest BCUT2D eigenvalue weighted by Crippen LogP contribution is 2.30. The SMILES string of the molecule is CN1CCN(Cc2cccc(C(=O)Nc3cn(C)nc3C(=O)Nc3c(Cl)cccc3Cl)c2)CC1. The van der Waals surface area contributed by atoms with Crippen molar-refractivity contribution in [3.8, 4) is 0 Å². The summed E-state index contributed by atoms with van der Waals surface area (Å²) in [4.78, 5) is 30.6. The van der Waals surface area contributed by atoms with Gasteiger partial charge in [0.2, 0.25) is 0 Å². The Hall–Kier alpha value is -2.91. The Labute approximate surface area is 208 Å². The molecule has 0 unspecified atom stereocenters. The van der Waals surface area contributed by atoms with Crippen molar-refractivity contribution >= 4 is 46.4 Å². The maximum Gasteiger partial charge on any atom is 0.278 e. The quantitative estimate of drug-likeness (QED) is 0.534. The van der Waals surface area contributed by atoms with E-state index in [2.05, 4.69) is 32.6 Å². The normalized spacial score (nSPS) is 14.7. The third kappa shape index (κ3) is 5.77. The number of hydrogen-bond acceptors (Lipinski definition) is 5. The molecule has 2 heterocycles. The van der Waals surface area contributed by atoms with Crippen LogP contribution in [-0.4, -0.2) is 64.6 Å². The van der Waals surface area contributed by atoms with Gasteiger partial charge in [-0.25, -0.2) is 0 Å². The van der Waals surface area contributed by atoms with E-state index in [4.69, 9.17) is 23.2 Å². The summed E-state index contributed by atoms with van der Waals surface area (Å²) in [6, 6.07) is 12.5. The Morgan fingerprint density at radius 3 is 2.32 bits per heavy atom. The predicted molar refractivity (Wildman–Crippen MR) is 135 cm³/mol. The van der Waals surface area contributed by atoms with E-state index in [1.165, 1.54) is 4.68 Å². The van der Waals surface area contributed by atoms with Crippen molar-refractivity contribution < 1.29 is 9.59 Å². The van der Waals surface area contributed by atoms with Crippen molar-refractivity contribution in [2.75, 3.05) is 43.9 Å². The van der Waals surface area contributed by atoms with Gasteiger partial charge in [-0.05, 0) is 36.9 Å². The molecule has 1 aliphatic heterocycles. The summed E-state index contributed by atoms with van der Waals surface area (Å²) < 4.78 is 1.46. The summed E-state index contributed by atoms with van der Waals surface area (Å²) in [6.07, 6.45) is 1.58. The second-order valence-electron chi connectivity index (χ2n) is 8.35. The van der Waals surface area contributed by atoms with Crippen LogP contribution in [0.15, 0.2) is 48.7 Å². The van der Waals surface area contributed by atoms with Crippen LogP contribution >= 0.6 is 23.2 Å². The number of carbonyl (C=O) groups excluding carboxylic acids is 2. The van der Waals surface area contributed by atoms with Crippen LogP contribution in [0.4, 0.5) is 11.4 Å². The summed E-state index contributed by atoms with van der Waals surface area (Å²) in [5.41, 5.74) is 2.21. The number of aryl methyl sites for hydroxylation is 1. The number of benzene rings is 2. The van der Waals surface area contributed by atoms with Crippen molar-refractivity contribution in [2.24, 2.45) is 7.05 Å². The fourth-order valence-corrected chi connectivity index (χ4v) is 4.30. The molecule has 1 aromatic heterocycles. The Morgan fingerprint density at radius 2 is 1.62 bits per heavy atom. The topological polar surface area (TPSA) is 82.5 Å². The van der Waals surface area contributed by atoms with Crippen molar-refractivity contribution in [3.05, 3.63) is 75.5 Å². The molecule has 3 aromatic rings. The summed E-state index contributed by atoms with van der Waals surface area (Å²) in [7, 11) is 3.80. The Morgan fingerprint density at radius 1 is 0.941 bits per heavy atom. The van der Waals surface area contributed by atoms with E-state index in [1.807, 2.05) is 18.2 Å². The van der Waals surface area contributed by atoms with Gasteiger partial charge in [0, 0.05) is 51.5 Å². The molecule has 4 rings (SSSR count). The number of nitrogens with zero attached hydrogens (tertiary/aromatic N) is 4. The zero-order valence-electron chi connectivity index (χ0n) is 19.0. The number of piperazine rings is 1. The van der Waals surface area contributed by atoms with Gasteiger partial charge in [-0.3, -0.25) is 19.2 Å². The van der Waals surface area contributed by atoms with Crippen LogP contribution in [0.3, 0.4) is 0 Å². The number of anilines is 2. The smallest absolute Gasteiger partial charge is 0.278 e. The summed E-state index contributed by atoms with van der Waals surface area (Å²) in [6.45, 7) is 4.85. The molecule has 178 valence electrons. The standard InChI is InChI=1S/C24H26Cl2N6O2/c1-30-9-11-32(12-10-30)14-16-5-3-6-17(13-16)23(33)27-20-15-31(2)29-22(20)24(34)28-21-18(25)7-4-8-19(21)26/h3-8,13,15H,9-12,14H2,1-2H3,(H,27,33)(H,28,34). The lowest BCUT2D eigenvalue weighted by Crippen LogP contribution is -2.43. The van der Waals surface area contributed by atoms with Gasteiger partial charge < -0.3 is 15.5 Å². The predicted octanol–water partition coefficient (Wildman–Crippen LogP) is 3.98. The molecule has 0 radical (unpaired) electrons. The van der Waals surface area contributed by atoms with Crippen molar-refractivity contribution in [2.45, 2.75) is 6.54 Å². The minimum Gasteiger partial charge on any atom is -0.319 e. The number of hydrogen-bond donors (Lipinski definition) is 2. The molecule has 2 N–H and O–H groups in total. The number of aromatic nitrogens is 2. The first-order valence-electron chi connectivity index (χ1n) is 10.9. The summed E-state index contributed by atoms with van der Waals surface area (Å²) in [5.74, 6) is -0.854. The van der Waals surface area contributed by atoms with Crippen molar-refractivity contribution in [1.82, 2.24) is 19.6 Å². The third-order valence-corrected chi connectivity index (χ3v) is 6.31. The fraction of sp³-hybridized carbons (Fsp3) is 0.292. The highest BCUT2D eigenvalue weighted by atomic mass is 35.5. The summed E-state index contributed by atoms with van der Waals surface area (Å²) in [5, 5.41) is 10.3. The third-order valence-electron chi connectivity index (χ3n) is 5.68. The Balaban J connectivity index is 1.47. The molecular weight excluding hydrogens is 475 g/mol. The molecule has 1 aliphatic rings. The van der Waals surface area contributed by atoms with Gasteiger partial charge in [-0.15, -0.1) is 0 Å². The molecule has 1 fully saturated rings. The molecule has 0 bridgehead atoms. The number of halogens is 2. The van der Waals surface area contributed by atoms with E-state index in [0.29, 0.717) is 15.6 Å². The van der Waals surface area contributed by atoms with Gasteiger partial charge in [0.15, 0.2) is 5.69 Å². The summed E-state index contributed by atoms with van der Waals surface area (Å²) >= 11 is 12.3. The minimum absolute atomic E-state index is 0.0560. The molecule has 2 aromatic carbocycles. The minimum atomic E-state index is -0.533. The van der Waals surface area contributed by atoms with Crippen LogP contribution in [-0.2, 0) is 13.6 Å². The lowest BCUT2D eigenvalue weighted by molar-refractivity contribution is 0.102. The lowest BCUT2D eigenvalue weighted by atomic mass is 10.1. The average molecular weight is 501 g/mol. The average Bonchev–Trinajstić information content (AvgIpc) is 3.18. The molecular formula is C24H26Cl2N6O2. The van der Waals surface area contributed by atoms with Crippen LogP contribution in [0.2, 0.25) is 10.0 Å². The first-order chi connectivity index (χ1) is 16.3. The van der Waals surface area contributed by atoms with Gasteiger partial charge in [0.05, 0.1) is 21.4 Å². The van der Waals surface area contributed by atoms with Crippen LogP contribution in [0.1, 0.15) is 26.4 Å². The van der Waals surface area contributed by atoms with E-state index in [-0.39, 0.29) is 23.0 Å². The molecule has 8 nitrogen and oxygen atoms in total. The molecule has 0 aliphatic carbocycles. The van der Waals surface area contributed by atoms with Gasteiger partial charge in [0.1, 0.15) is 0 Å². The van der Waals surface area contributed by atoms with Gasteiger partial charge in [-0.2, -0.15) is 5.10 Å². The zero-order chi connectivity index (χ0) is 24.2. The maximum absolute atomic E-state index is 13.0. The van der Waals surface area contributed by atoms with E-state index >= 15 is 0 Å². The van der Waals surface area contributed by atoms with E-state index < -0.39 is 5.91 Å². The molecule has 1 saturated heterocycles. The number of nitrogens with one attached hydrogen (secondary N) is 2. The van der Waals surface area contributed by atoms with Gasteiger partial charge in [-0.1, -0.05) is 41.4 Å². The second kappa shape index (κ2) is 10.6. The van der Waals surface area contributed by atoms with Crippen LogP contribution in [0.5, 0.6) is 0 Å². The van der Waals surface area contributed by atoms with E-state index in [0.717, 1.165) is 38.3 Å². The van der Waals surface area contributed by atoms with Crippen LogP contribution in [0.25, 0.3) is 0 Å². The Bertz CT molecular complexity index is 1180. The highest BCUT2D eigenvalue weighted by Gasteiger charge is 2.21. The molecule has 10 heteroatoms. The fourth-order valence-electron chi connectivity index (χ4n) is 3.81. The Kier molecular flexibility index (Phi) is 7.53. The zero-order valence-corrected chi connectivity index (χ0v) is 20.5. The number of rotatable bonds is 6. The number of carbonyl (C=O) groups is 2. The first-order valence-corrected chi connectivity index (χ1v) is 11.7. The lowest BCUT2D eigenvalue weighted by Gasteiger charge is -2.32. The highest BCUT2D eigenvalue weighted by molar-refractivity contribution is 6.40. The monoisotopic (exact) mass is 500 g/mol. The van der Waals surface area contributed by atoms with Gasteiger partial charge in [0.25, 0.3) is 11.8 Å². The van der Waals surface area contributed by atoms with Gasteiger partial charge >= 0.3 is 0 Å². The molecule has 34 heavy (non-hydrogen) atoms. The first kappa shape index (κ1) is 24.2. The van der Waals surface area contributed by atoms with Crippen LogP contribution < -0.4 is 10.6 Å².